The lowest BCUT2D eigenvalue weighted by Crippen LogP contribution is -2.38. The number of nitrogens with zero attached hydrogens (tertiary/aromatic N) is 1. The third-order valence-electron chi connectivity index (χ3n) is 3.83. The average molecular weight is 290 g/mol. The van der Waals surface area contributed by atoms with Crippen molar-refractivity contribution in [1.82, 2.24) is 10.2 Å². The number of aryl methyl sites for hydroxylation is 1. The van der Waals surface area contributed by atoms with Gasteiger partial charge >= 0.3 is 12.0 Å². The van der Waals surface area contributed by atoms with Gasteiger partial charge in [-0.25, -0.2) is 4.79 Å². The van der Waals surface area contributed by atoms with E-state index in [1.165, 1.54) is 11.1 Å². The van der Waals surface area contributed by atoms with Crippen LogP contribution in [0.4, 0.5) is 4.79 Å². The Balaban J connectivity index is 1.79. The maximum Gasteiger partial charge on any atom is 0.317 e. The first-order valence-electron chi connectivity index (χ1n) is 7.37. The number of hydrogen-bond acceptors (Lipinski definition) is 2. The van der Waals surface area contributed by atoms with Gasteiger partial charge in [0.25, 0.3) is 0 Å². The second-order valence-corrected chi connectivity index (χ2v) is 5.57. The van der Waals surface area contributed by atoms with Crippen molar-refractivity contribution in [3.05, 3.63) is 35.4 Å². The Morgan fingerprint density at radius 1 is 1.43 bits per heavy atom. The molecule has 1 unspecified atom stereocenters. The summed E-state index contributed by atoms with van der Waals surface area (Å²) < 4.78 is 0. The van der Waals surface area contributed by atoms with Crippen LogP contribution in [0.2, 0.25) is 0 Å². The molecule has 1 aromatic rings. The molecular weight excluding hydrogens is 268 g/mol. The monoisotopic (exact) mass is 290 g/mol. The van der Waals surface area contributed by atoms with Crippen molar-refractivity contribution < 1.29 is 14.7 Å². The van der Waals surface area contributed by atoms with Gasteiger partial charge in [0.1, 0.15) is 0 Å². The molecule has 1 aromatic carbocycles. The van der Waals surface area contributed by atoms with Crippen molar-refractivity contribution in [1.29, 1.82) is 0 Å². The standard InChI is InChI=1S/C16H22N2O3/c1-12-4-2-5-13(10-12)14-7-9-18(11-14)16(21)17-8-3-6-15(19)20/h2,4-5,10,14H,3,6-9,11H2,1H3,(H,17,21)(H,19,20). The second kappa shape index (κ2) is 7.11. The molecule has 1 saturated heterocycles. The number of rotatable bonds is 5. The molecule has 0 radical (unpaired) electrons. The molecule has 1 fully saturated rings. The molecule has 0 aliphatic carbocycles. The molecular formula is C16H22N2O3. The van der Waals surface area contributed by atoms with E-state index in [1.54, 1.807) is 0 Å². The SMILES string of the molecule is Cc1cccc(C2CCN(C(=O)NCCCC(=O)O)C2)c1. The number of amides is 2. The maximum absolute atomic E-state index is 12.0. The van der Waals surface area contributed by atoms with E-state index >= 15 is 0 Å². The fourth-order valence-corrected chi connectivity index (χ4v) is 2.69. The minimum Gasteiger partial charge on any atom is -0.481 e. The summed E-state index contributed by atoms with van der Waals surface area (Å²) >= 11 is 0. The molecule has 2 N–H and O–H groups in total. The Kier molecular flexibility index (Phi) is 5.20. The van der Waals surface area contributed by atoms with Crippen molar-refractivity contribution in [3.63, 3.8) is 0 Å². The van der Waals surface area contributed by atoms with E-state index in [-0.39, 0.29) is 12.5 Å². The highest BCUT2D eigenvalue weighted by molar-refractivity contribution is 5.74. The van der Waals surface area contributed by atoms with Gasteiger partial charge in [-0.3, -0.25) is 4.79 Å². The van der Waals surface area contributed by atoms with E-state index in [2.05, 4.69) is 36.5 Å². The van der Waals surface area contributed by atoms with Crippen LogP contribution < -0.4 is 5.32 Å². The quantitative estimate of drug-likeness (QED) is 0.818. The first kappa shape index (κ1) is 15.4. The molecule has 1 aliphatic heterocycles. The minimum absolute atomic E-state index is 0.0875. The molecule has 0 aromatic heterocycles. The van der Waals surface area contributed by atoms with Gasteiger partial charge in [-0.1, -0.05) is 29.8 Å². The third kappa shape index (κ3) is 4.48. The normalized spacial score (nSPS) is 17.8. The van der Waals surface area contributed by atoms with Crippen LogP contribution in [-0.4, -0.2) is 41.6 Å². The summed E-state index contributed by atoms with van der Waals surface area (Å²) in [5.41, 5.74) is 2.53. The number of carbonyl (C=O) groups excluding carboxylic acids is 1. The Bertz CT molecular complexity index is 516. The van der Waals surface area contributed by atoms with E-state index in [1.807, 2.05) is 4.90 Å². The van der Waals surface area contributed by atoms with Gasteiger partial charge in [0.2, 0.25) is 0 Å². The summed E-state index contributed by atoms with van der Waals surface area (Å²) in [5, 5.41) is 11.3. The zero-order valence-electron chi connectivity index (χ0n) is 12.3. The summed E-state index contributed by atoms with van der Waals surface area (Å²) in [7, 11) is 0. The van der Waals surface area contributed by atoms with Crippen molar-refractivity contribution in [2.75, 3.05) is 19.6 Å². The van der Waals surface area contributed by atoms with E-state index in [0.29, 0.717) is 18.9 Å². The topological polar surface area (TPSA) is 69.6 Å². The maximum atomic E-state index is 12.0. The molecule has 21 heavy (non-hydrogen) atoms. The van der Waals surface area contributed by atoms with Crippen molar-refractivity contribution in [3.8, 4) is 0 Å². The van der Waals surface area contributed by atoms with Crippen LogP contribution in [0.5, 0.6) is 0 Å². The number of carboxylic acids is 1. The van der Waals surface area contributed by atoms with Crippen LogP contribution in [0.1, 0.15) is 36.3 Å². The van der Waals surface area contributed by atoms with Crippen LogP contribution in [-0.2, 0) is 4.79 Å². The zero-order valence-corrected chi connectivity index (χ0v) is 12.3. The van der Waals surface area contributed by atoms with Crippen LogP contribution in [0.15, 0.2) is 24.3 Å². The van der Waals surface area contributed by atoms with Gasteiger partial charge in [0, 0.05) is 32.0 Å². The summed E-state index contributed by atoms with van der Waals surface area (Å²) in [4.78, 5) is 24.2. The summed E-state index contributed by atoms with van der Waals surface area (Å²) in [6.45, 7) is 3.97. The highest BCUT2D eigenvalue weighted by atomic mass is 16.4. The van der Waals surface area contributed by atoms with Gasteiger partial charge in [-0.05, 0) is 25.3 Å². The van der Waals surface area contributed by atoms with Crippen LogP contribution in [0.25, 0.3) is 0 Å². The molecule has 0 spiro atoms. The summed E-state index contributed by atoms with van der Waals surface area (Å²) in [6, 6.07) is 8.34. The van der Waals surface area contributed by atoms with Gasteiger partial charge in [0.05, 0.1) is 0 Å². The highest BCUT2D eigenvalue weighted by Gasteiger charge is 2.27. The number of likely N-dealkylation sites (tertiary alicyclic amines) is 1. The van der Waals surface area contributed by atoms with Crippen LogP contribution >= 0.6 is 0 Å². The smallest absolute Gasteiger partial charge is 0.317 e. The van der Waals surface area contributed by atoms with Crippen LogP contribution in [0.3, 0.4) is 0 Å². The molecule has 0 bridgehead atoms. The van der Waals surface area contributed by atoms with Gasteiger partial charge in [-0.15, -0.1) is 0 Å². The number of hydrogen-bond donors (Lipinski definition) is 2. The van der Waals surface area contributed by atoms with Crippen molar-refractivity contribution >= 4 is 12.0 Å². The summed E-state index contributed by atoms with van der Waals surface area (Å²) in [6.07, 6.45) is 1.54. The number of nitrogens with one attached hydrogen (secondary N) is 1. The number of urea groups is 1. The minimum atomic E-state index is -0.829. The molecule has 0 saturated carbocycles. The fraction of sp³-hybridized carbons (Fsp3) is 0.500. The lowest BCUT2D eigenvalue weighted by Gasteiger charge is -2.17. The van der Waals surface area contributed by atoms with E-state index < -0.39 is 5.97 Å². The van der Waals surface area contributed by atoms with E-state index in [0.717, 1.165) is 19.5 Å². The number of carboxylic acid groups (broad SMARTS) is 1. The Hall–Kier alpha value is -2.04. The van der Waals surface area contributed by atoms with Crippen molar-refractivity contribution in [2.45, 2.75) is 32.1 Å². The summed E-state index contributed by atoms with van der Waals surface area (Å²) in [5.74, 6) is -0.431. The van der Waals surface area contributed by atoms with Crippen LogP contribution in [0, 0.1) is 6.92 Å². The van der Waals surface area contributed by atoms with E-state index in [4.69, 9.17) is 5.11 Å². The van der Waals surface area contributed by atoms with Gasteiger partial charge < -0.3 is 15.3 Å². The lowest BCUT2D eigenvalue weighted by atomic mass is 9.97. The number of benzene rings is 1. The first-order chi connectivity index (χ1) is 10.1. The first-order valence-corrected chi connectivity index (χ1v) is 7.37. The second-order valence-electron chi connectivity index (χ2n) is 5.57. The van der Waals surface area contributed by atoms with Gasteiger partial charge in [0.15, 0.2) is 0 Å². The predicted octanol–water partition coefficient (Wildman–Crippen LogP) is 2.36. The highest BCUT2D eigenvalue weighted by Crippen LogP contribution is 2.27. The predicted molar refractivity (Wildman–Crippen MR) is 80.4 cm³/mol. The molecule has 5 nitrogen and oxygen atoms in total. The Morgan fingerprint density at radius 3 is 2.95 bits per heavy atom. The number of aliphatic carboxylic acids is 1. The Labute approximate surface area is 125 Å². The molecule has 1 heterocycles. The largest absolute Gasteiger partial charge is 0.481 e. The zero-order chi connectivity index (χ0) is 15.2. The molecule has 1 aliphatic rings. The fourth-order valence-electron chi connectivity index (χ4n) is 2.69. The third-order valence-corrected chi connectivity index (χ3v) is 3.83. The van der Waals surface area contributed by atoms with Gasteiger partial charge in [-0.2, -0.15) is 0 Å². The Morgan fingerprint density at radius 2 is 2.24 bits per heavy atom. The number of carbonyl (C=O) groups is 2. The molecule has 1 atom stereocenters. The molecule has 114 valence electrons. The van der Waals surface area contributed by atoms with E-state index in [9.17, 15) is 9.59 Å². The van der Waals surface area contributed by atoms with Crippen molar-refractivity contribution in [2.24, 2.45) is 0 Å². The lowest BCUT2D eigenvalue weighted by molar-refractivity contribution is -0.137. The average Bonchev–Trinajstić information content (AvgIpc) is 2.93. The molecule has 5 heteroatoms. The molecule has 2 rings (SSSR count). The molecule has 2 amide bonds.